The molecule has 3 N–H and O–H groups in total. The molecule has 2 aromatic rings. The molecule has 0 saturated heterocycles. The summed E-state index contributed by atoms with van der Waals surface area (Å²) in [4.78, 5) is 11.9. The van der Waals surface area contributed by atoms with Gasteiger partial charge in [-0.05, 0) is 18.1 Å². The first-order valence-corrected chi connectivity index (χ1v) is 6.57. The van der Waals surface area contributed by atoms with Crippen LogP contribution in [0.1, 0.15) is 11.1 Å². The number of hydrogen-bond donors (Lipinski definition) is 2. The van der Waals surface area contributed by atoms with Gasteiger partial charge in [-0.15, -0.1) is 0 Å². The fourth-order valence-electron chi connectivity index (χ4n) is 1.94. The second-order valence-electron chi connectivity index (χ2n) is 4.75. The second kappa shape index (κ2) is 6.95. The molecule has 3 nitrogen and oxygen atoms in total. The van der Waals surface area contributed by atoms with Gasteiger partial charge in [-0.3, -0.25) is 4.79 Å². The molecule has 0 heterocycles. The highest BCUT2D eigenvalue weighted by atomic mass is 19.1. The van der Waals surface area contributed by atoms with Crippen LogP contribution in [0.2, 0.25) is 0 Å². The number of halogens is 2. The van der Waals surface area contributed by atoms with Crippen molar-refractivity contribution < 1.29 is 13.6 Å². The van der Waals surface area contributed by atoms with Crippen LogP contribution in [-0.2, 0) is 17.8 Å². The van der Waals surface area contributed by atoms with Gasteiger partial charge in [0.2, 0.25) is 5.91 Å². The lowest BCUT2D eigenvalue weighted by atomic mass is 10.1. The second-order valence-corrected chi connectivity index (χ2v) is 4.75. The highest BCUT2D eigenvalue weighted by Crippen LogP contribution is 2.09. The largest absolute Gasteiger partial charge is 0.351 e. The summed E-state index contributed by atoms with van der Waals surface area (Å²) in [5.74, 6) is -1.71. The highest BCUT2D eigenvalue weighted by Gasteiger charge is 2.14. The van der Waals surface area contributed by atoms with E-state index in [2.05, 4.69) is 5.32 Å². The number of nitrogens with two attached hydrogens (primary N) is 1. The van der Waals surface area contributed by atoms with Crippen LogP contribution < -0.4 is 11.1 Å². The fraction of sp³-hybridized carbons (Fsp3) is 0.188. The van der Waals surface area contributed by atoms with Gasteiger partial charge in [-0.25, -0.2) is 8.78 Å². The predicted octanol–water partition coefficient (Wildman–Crippen LogP) is 2.15. The average molecular weight is 290 g/mol. The molecule has 0 aliphatic heterocycles. The van der Waals surface area contributed by atoms with Crippen molar-refractivity contribution in [2.45, 2.75) is 19.0 Å². The molecule has 0 unspecified atom stereocenters. The molecule has 0 aromatic heterocycles. The standard InChI is InChI=1S/C16H16F2N2O/c17-13-7-6-12(14(18)9-13)10-20-16(21)15(19)8-11-4-2-1-3-5-11/h1-7,9,15H,8,10,19H2,(H,20,21)/t15-/m1/s1. The molecule has 0 spiro atoms. The maximum atomic E-state index is 13.4. The van der Waals surface area contributed by atoms with Crippen LogP contribution in [0.4, 0.5) is 8.78 Å². The molecule has 5 heteroatoms. The number of hydrogen-bond acceptors (Lipinski definition) is 2. The maximum absolute atomic E-state index is 13.4. The summed E-state index contributed by atoms with van der Waals surface area (Å²) < 4.78 is 26.2. The summed E-state index contributed by atoms with van der Waals surface area (Å²) in [6, 6.07) is 11.9. The minimum absolute atomic E-state index is 0.0204. The van der Waals surface area contributed by atoms with Gasteiger partial charge in [0.1, 0.15) is 11.6 Å². The first-order valence-electron chi connectivity index (χ1n) is 6.57. The Kier molecular flexibility index (Phi) is 5.00. The SMILES string of the molecule is N[C@H](Cc1ccccc1)C(=O)NCc1ccc(F)cc1F. The van der Waals surface area contributed by atoms with E-state index in [1.165, 1.54) is 6.07 Å². The molecule has 0 bridgehead atoms. The van der Waals surface area contributed by atoms with E-state index in [-0.39, 0.29) is 18.0 Å². The smallest absolute Gasteiger partial charge is 0.237 e. The van der Waals surface area contributed by atoms with Crippen LogP contribution in [-0.4, -0.2) is 11.9 Å². The van der Waals surface area contributed by atoms with Crippen molar-refractivity contribution >= 4 is 5.91 Å². The topological polar surface area (TPSA) is 55.1 Å². The van der Waals surface area contributed by atoms with Crippen LogP contribution in [0.25, 0.3) is 0 Å². The Morgan fingerprint density at radius 1 is 1.14 bits per heavy atom. The minimum Gasteiger partial charge on any atom is -0.351 e. The van der Waals surface area contributed by atoms with Gasteiger partial charge in [0.25, 0.3) is 0 Å². The normalized spacial score (nSPS) is 12.0. The molecule has 110 valence electrons. The predicted molar refractivity (Wildman–Crippen MR) is 76.3 cm³/mol. The van der Waals surface area contributed by atoms with Crippen LogP contribution >= 0.6 is 0 Å². The number of amides is 1. The lowest BCUT2D eigenvalue weighted by Gasteiger charge is -2.12. The first kappa shape index (κ1) is 15.1. The molecule has 21 heavy (non-hydrogen) atoms. The quantitative estimate of drug-likeness (QED) is 0.886. The Morgan fingerprint density at radius 2 is 1.86 bits per heavy atom. The molecule has 1 amide bonds. The third-order valence-corrected chi connectivity index (χ3v) is 3.10. The van der Waals surface area contributed by atoms with Gasteiger partial charge >= 0.3 is 0 Å². The van der Waals surface area contributed by atoms with Crippen LogP contribution in [0.15, 0.2) is 48.5 Å². The number of carbonyl (C=O) groups is 1. The molecule has 0 radical (unpaired) electrons. The molecule has 0 aliphatic carbocycles. The molecule has 2 aromatic carbocycles. The van der Waals surface area contributed by atoms with Gasteiger partial charge < -0.3 is 11.1 Å². The zero-order valence-electron chi connectivity index (χ0n) is 11.4. The summed E-state index contributed by atoms with van der Waals surface area (Å²) in [5.41, 5.74) is 6.98. The Bertz CT molecular complexity index is 617. The van der Waals surface area contributed by atoms with Crippen molar-refractivity contribution in [2.75, 3.05) is 0 Å². The molecular weight excluding hydrogens is 274 g/mol. The monoisotopic (exact) mass is 290 g/mol. The van der Waals surface area contributed by atoms with Crippen molar-refractivity contribution in [1.29, 1.82) is 0 Å². The lowest BCUT2D eigenvalue weighted by Crippen LogP contribution is -2.41. The molecule has 0 fully saturated rings. The maximum Gasteiger partial charge on any atom is 0.237 e. The average Bonchev–Trinajstić information content (AvgIpc) is 2.47. The molecule has 1 atom stereocenters. The zero-order valence-corrected chi connectivity index (χ0v) is 11.4. The number of rotatable bonds is 5. The summed E-state index contributed by atoms with van der Waals surface area (Å²) in [7, 11) is 0. The van der Waals surface area contributed by atoms with Crippen molar-refractivity contribution in [3.8, 4) is 0 Å². The Morgan fingerprint density at radius 3 is 2.52 bits per heavy atom. The number of carbonyl (C=O) groups excluding carboxylic acids is 1. The van der Waals surface area contributed by atoms with E-state index in [1.807, 2.05) is 30.3 Å². The van der Waals surface area contributed by atoms with Crippen LogP contribution in [0, 0.1) is 11.6 Å². The zero-order chi connectivity index (χ0) is 15.2. The number of benzene rings is 2. The van der Waals surface area contributed by atoms with Crippen molar-refractivity contribution in [3.63, 3.8) is 0 Å². The van der Waals surface area contributed by atoms with E-state index in [9.17, 15) is 13.6 Å². The van der Waals surface area contributed by atoms with Gasteiger partial charge in [0.15, 0.2) is 0 Å². The third kappa shape index (κ3) is 4.36. The summed E-state index contributed by atoms with van der Waals surface area (Å²) in [5, 5.41) is 2.55. The van der Waals surface area contributed by atoms with E-state index in [1.54, 1.807) is 0 Å². The molecule has 0 saturated carbocycles. The van der Waals surface area contributed by atoms with Crippen LogP contribution in [0.5, 0.6) is 0 Å². The fourth-order valence-corrected chi connectivity index (χ4v) is 1.94. The van der Waals surface area contributed by atoms with E-state index in [0.717, 1.165) is 17.7 Å². The van der Waals surface area contributed by atoms with E-state index < -0.39 is 17.7 Å². The third-order valence-electron chi connectivity index (χ3n) is 3.10. The minimum atomic E-state index is -0.712. The Balaban J connectivity index is 1.89. The Hall–Kier alpha value is -2.27. The summed E-state index contributed by atoms with van der Waals surface area (Å²) >= 11 is 0. The first-order chi connectivity index (χ1) is 10.1. The van der Waals surface area contributed by atoms with Gasteiger partial charge in [0.05, 0.1) is 6.04 Å². The lowest BCUT2D eigenvalue weighted by molar-refractivity contribution is -0.122. The molecule has 2 rings (SSSR count). The highest BCUT2D eigenvalue weighted by molar-refractivity contribution is 5.81. The van der Waals surface area contributed by atoms with Crippen molar-refractivity contribution in [3.05, 3.63) is 71.3 Å². The molecular formula is C16H16F2N2O. The van der Waals surface area contributed by atoms with Crippen molar-refractivity contribution in [1.82, 2.24) is 5.32 Å². The summed E-state index contributed by atoms with van der Waals surface area (Å²) in [6.07, 6.45) is 0.401. The van der Waals surface area contributed by atoms with Crippen molar-refractivity contribution in [2.24, 2.45) is 5.73 Å². The van der Waals surface area contributed by atoms with Gasteiger partial charge in [-0.1, -0.05) is 36.4 Å². The van der Waals surface area contributed by atoms with Gasteiger partial charge in [-0.2, -0.15) is 0 Å². The summed E-state index contributed by atoms with van der Waals surface area (Å²) in [6.45, 7) is -0.0204. The van der Waals surface area contributed by atoms with E-state index in [4.69, 9.17) is 5.73 Å². The number of nitrogens with one attached hydrogen (secondary N) is 1. The van der Waals surface area contributed by atoms with Crippen LogP contribution in [0.3, 0.4) is 0 Å². The van der Waals surface area contributed by atoms with Gasteiger partial charge in [0, 0.05) is 18.2 Å². The Labute approximate surface area is 121 Å². The van der Waals surface area contributed by atoms with E-state index >= 15 is 0 Å². The molecule has 0 aliphatic rings. The van der Waals surface area contributed by atoms with E-state index in [0.29, 0.717) is 6.42 Å².